The number of hydrogen-bond acceptors (Lipinski definition) is 5. The van der Waals surface area contributed by atoms with E-state index in [1.165, 1.54) is 19.3 Å². The number of carbonyl (C=O) groups is 1. The Balaban J connectivity index is 1.32. The summed E-state index contributed by atoms with van der Waals surface area (Å²) in [4.78, 5) is 14.8. The molecule has 1 atom stereocenters. The minimum Gasteiger partial charge on any atom is -0.486 e. The van der Waals surface area contributed by atoms with Gasteiger partial charge in [-0.15, -0.1) is 0 Å². The molecule has 1 unspecified atom stereocenters. The van der Waals surface area contributed by atoms with Crippen molar-refractivity contribution in [3.05, 3.63) is 46.9 Å². The Morgan fingerprint density at radius 1 is 1.14 bits per heavy atom. The molecule has 0 bridgehead atoms. The summed E-state index contributed by atoms with van der Waals surface area (Å²) in [5.74, 6) is 2.06. The fourth-order valence-electron chi connectivity index (χ4n) is 3.82. The van der Waals surface area contributed by atoms with Crippen molar-refractivity contribution in [1.29, 1.82) is 0 Å². The fourth-order valence-corrected chi connectivity index (χ4v) is 4.11. The highest BCUT2D eigenvalue weighted by Gasteiger charge is 2.25. The van der Waals surface area contributed by atoms with Crippen molar-refractivity contribution in [2.24, 2.45) is 0 Å². The molecule has 3 heterocycles. The third-order valence-electron chi connectivity index (χ3n) is 5.27. The third-order valence-corrected chi connectivity index (χ3v) is 5.55. The SMILES string of the molecule is O=C(NCc1cc(Cl)c2c(c1)OCCO2)NCC(c1ccco1)N1CCCCC1. The fraction of sp³-hybridized carbons (Fsp3) is 0.476. The van der Waals surface area contributed by atoms with Crippen molar-refractivity contribution < 1.29 is 18.7 Å². The van der Waals surface area contributed by atoms with Gasteiger partial charge in [-0.1, -0.05) is 18.0 Å². The second-order valence-corrected chi connectivity index (χ2v) is 7.70. The van der Waals surface area contributed by atoms with Crippen LogP contribution in [-0.4, -0.2) is 43.8 Å². The lowest BCUT2D eigenvalue weighted by Crippen LogP contribution is -2.43. The van der Waals surface area contributed by atoms with Crippen LogP contribution in [-0.2, 0) is 6.54 Å². The molecule has 2 N–H and O–H groups in total. The summed E-state index contributed by atoms with van der Waals surface area (Å²) in [5, 5.41) is 6.35. The number of halogens is 1. The van der Waals surface area contributed by atoms with E-state index in [-0.39, 0.29) is 12.1 Å². The molecule has 156 valence electrons. The second kappa shape index (κ2) is 9.41. The monoisotopic (exact) mass is 419 g/mol. The smallest absolute Gasteiger partial charge is 0.315 e. The number of amides is 2. The Morgan fingerprint density at radius 3 is 2.76 bits per heavy atom. The van der Waals surface area contributed by atoms with Crippen LogP contribution in [0.1, 0.15) is 36.6 Å². The number of likely N-dealkylation sites (tertiary alicyclic amines) is 1. The molecule has 1 aromatic carbocycles. The molecule has 1 fully saturated rings. The number of ether oxygens (including phenoxy) is 2. The van der Waals surface area contributed by atoms with E-state index >= 15 is 0 Å². The first-order valence-corrected chi connectivity index (χ1v) is 10.5. The van der Waals surface area contributed by atoms with Crippen molar-refractivity contribution in [2.45, 2.75) is 31.8 Å². The van der Waals surface area contributed by atoms with Crippen molar-refractivity contribution in [2.75, 3.05) is 32.8 Å². The van der Waals surface area contributed by atoms with E-state index in [1.54, 1.807) is 12.3 Å². The molecule has 0 radical (unpaired) electrons. The van der Waals surface area contributed by atoms with E-state index in [2.05, 4.69) is 15.5 Å². The Hall–Kier alpha value is -2.38. The van der Waals surface area contributed by atoms with Crippen molar-refractivity contribution >= 4 is 17.6 Å². The molecule has 1 saturated heterocycles. The molecule has 7 nitrogen and oxygen atoms in total. The van der Waals surface area contributed by atoms with Crippen LogP contribution in [0.4, 0.5) is 4.79 Å². The number of rotatable bonds is 6. The predicted molar refractivity (Wildman–Crippen MR) is 110 cm³/mol. The first-order valence-electron chi connectivity index (χ1n) is 10.1. The van der Waals surface area contributed by atoms with E-state index in [4.69, 9.17) is 25.5 Å². The lowest BCUT2D eigenvalue weighted by atomic mass is 10.1. The molecule has 0 saturated carbocycles. The molecule has 8 heteroatoms. The number of nitrogens with one attached hydrogen (secondary N) is 2. The maximum atomic E-state index is 12.4. The number of piperidine rings is 1. The molecule has 4 rings (SSSR count). The van der Waals surface area contributed by atoms with Gasteiger partial charge in [-0.05, 0) is 55.8 Å². The van der Waals surface area contributed by atoms with Gasteiger partial charge in [0.1, 0.15) is 19.0 Å². The van der Waals surface area contributed by atoms with Crippen LogP contribution in [0.15, 0.2) is 34.9 Å². The van der Waals surface area contributed by atoms with Gasteiger partial charge in [0.25, 0.3) is 0 Å². The quantitative estimate of drug-likeness (QED) is 0.746. The van der Waals surface area contributed by atoms with Gasteiger partial charge in [-0.25, -0.2) is 4.79 Å². The Bertz CT molecular complexity index is 822. The van der Waals surface area contributed by atoms with Gasteiger partial charge in [-0.3, -0.25) is 4.90 Å². The summed E-state index contributed by atoms with van der Waals surface area (Å²) < 4.78 is 16.7. The topological polar surface area (TPSA) is 76.0 Å². The summed E-state index contributed by atoms with van der Waals surface area (Å²) in [7, 11) is 0. The number of urea groups is 1. The van der Waals surface area contributed by atoms with Crippen molar-refractivity contribution in [3.8, 4) is 11.5 Å². The zero-order chi connectivity index (χ0) is 20.1. The number of fused-ring (bicyclic) bond motifs is 1. The number of hydrogen-bond donors (Lipinski definition) is 2. The molecule has 29 heavy (non-hydrogen) atoms. The molecular weight excluding hydrogens is 394 g/mol. The number of carbonyl (C=O) groups excluding carboxylic acids is 1. The van der Waals surface area contributed by atoms with Crippen LogP contribution in [0.2, 0.25) is 5.02 Å². The lowest BCUT2D eigenvalue weighted by molar-refractivity contribution is 0.143. The molecule has 0 spiro atoms. The van der Waals surface area contributed by atoms with Gasteiger partial charge in [0.2, 0.25) is 0 Å². The minimum atomic E-state index is -0.232. The minimum absolute atomic E-state index is 0.0415. The van der Waals surface area contributed by atoms with E-state index in [1.807, 2.05) is 18.2 Å². The Kier molecular flexibility index (Phi) is 6.46. The number of nitrogens with zero attached hydrogens (tertiary/aromatic N) is 1. The van der Waals surface area contributed by atoms with Gasteiger partial charge < -0.3 is 24.5 Å². The average Bonchev–Trinajstić information content (AvgIpc) is 3.28. The number of benzene rings is 1. The van der Waals surface area contributed by atoms with Gasteiger partial charge in [0, 0.05) is 13.1 Å². The molecule has 0 aliphatic carbocycles. The first kappa shape index (κ1) is 19.9. The zero-order valence-corrected chi connectivity index (χ0v) is 17.0. The van der Waals surface area contributed by atoms with Gasteiger partial charge in [0.15, 0.2) is 11.5 Å². The van der Waals surface area contributed by atoms with Crippen molar-refractivity contribution in [1.82, 2.24) is 15.5 Å². The highest BCUT2D eigenvalue weighted by molar-refractivity contribution is 6.32. The highest BCUT2D eigenvalue weighted by Crippen LogP contribution is 2.38. The maximum Gasteiger partial charge on any atom is 0.315 e. The summed E-state index contributed by atoms with van der Waals surface area (Å²) >= 11 is 6.26. The lowest BCUT2D eigenvalue weighted by Gasteiger charge is -2.33. The van der Waals surface area contributed by atoms with E-state index in [0.29, 0.717) is 42.8 Å². The predicted octanol–water partition coefficient (Wildman–Crippen LogP) is 3.73. The molecule has 2 aromatic rings. The van der Waals surface area contributed by atoms with Crippen LogP contribution in [0, 0.1) is 0 Å². The Labute approximate surface area is 175 Å². The average molecular weight is 420 g/mol. The van der Waals surface area contributed by atoms with Crippen LogP contribution < -0.4 is 20.1 Å². The normalized spacial score (nSPS) is 17.6. The molecule has 2 amide bonds. The Morgan fingerprint density at radius 2 is 1.97 bits per heavy atom. The zero-order valence-electron chi connectivity index (χ0n) is 16.3. The van der Waals surface area contributed by atoms with Gasteiger partial charge in [0.05, 0.1) is 17.3 Å². The molecule has 1 aromatic heterocycles. The maximum absolute atomic E-state index is 12.4. The van der Waals surface area contributed by atoms with Crippen LogP contribution >= 0.6 is 11.6 Å². The highest BCUT2D eigenvalue weighted by atomic mass is 35.5. The van der Waals surface area contributed by atoms with Crippen LogP contribution in [0.25, 0.3) is 0 Å². The molecule has 2 aliphatic heterocycles. The molecule has 2 aliphatic rings. The summed E-state index contributed by atoms with van der Waals surface area (Å²) in [6.07, 6.45) is 5.29. The van der Waals surface area contributed by atoms with Crippen LogP contribution in [0.5, 0.6) is 11.5 Å². The largest absolute Gasteiger partial charge is 0.486 e. The van der Waals surface area contributed by atoms with E-state index < -0.39 is 0 Å². The summed E-state index contributed by atoms with van der Waals surface area (Å²) in [6.45, 7) is 3.85. The van der Waals surface area contributed by atoms with Gasteiger partial charge in [-0.2, -0.15) is 0 Å². The number of furan rings is 1. The van der Waals surface area contributed by atoms with E-state index in [0.717, 1.165) is 24.4 Å². The summed E-state index contributed by atoms with van der Waals surface area (Å²) in [5.41, 5.74) is 0.855. The van der Waals surface area contributed by atoms with Crippen LogP contribution in [0.3, 0.4) is 0 Å². The first-order chi connectivity index (χ1) is 14.2. The second-order valence-electron chi connectivity index (χ2n) is 7.29. The summed E-state index contributed by atoms with van der Waals surface area (Å²) in [6, 6.07) is 7.30. The molecular formula is C21H26ClN3O4. The van der Waals surface area contributed by atoms with Crippen molar-refractivity contribution in [3.63, 3.8) is 0 Å². The third kappa shape index (κ3) is 4.97. The van der Waals surface area contributed by atoms with Gasteiger partial charge >= 0.3 is 6.03 Å². The van der Waals surface area contributed by atoms with E-state index in [9.17, 15) is 4.79 Å². The standard InChI is InChI=1S/C21H26ClN3O4/c22-16-11-15(12-19-20(16)29-10-9-28-19)13-23-21(26)24-14-17(18-5-4-8-27-18)25-6-2-1-3-7-25/h4-5,8,11-12,17H,1-3,6-7,9-10,13-14H2,(H2,23,24,26).